The first-order valence-corrected chi connectivity index (χ1v) is 12.6. The fraction of sp³-hybridized carbons (Fsp3) is 0.643. The van der Waals surface area contributed by atoms with Gasteiger partial charge in [-0.05, 0) is 35.7 Å². The Morgan fingerprint density at radius 1 is 0.500 bits per heavy atom. The zero-order valence-corrected chi connectivity index (χ0v) is 19.6. The summed E-state index contributed by atoms with van der Waals surface area (Å²) in [4.78, 5) is 0. The number of hydrogen-bond donors (Lipinski definition) is 0. The van der Waals surface area contributed by atoms with Crippen LogP contribution in [-0.2, 0) is 0 Å². The molecule has 0 bridgehead atoms. The average Bonchev–Trinajstić information content (AvgIpc) is 2.77. The summed E-state index contributed by atoms with van der Waals surface area (Å²) in [5.74, 6) is 1.81. The lowest BCUT2D eigenvalue weighted by Crippen LogP contribution is -2.03. The summed E-state index contributed by atoms with van der Waals surface area (Å²) >= 11 is 0. The number of rotatable bonds is 18. The highest BCUT2D eigenvalue weighted by atomic mass is 16.5. The number of unbranched alkanes of at least 4 members (excludes halogenated alkanes) is 12. The Hall–Kier alpha value is -1.70. The Labute approximate surface area is 185 Å². The Morgan fingerprint density at radius 3 is 1.27 bits per heavy atom. The summed E-state index contributed by atoms with van der Waals surface area (Å²) in [6.07, 6.45) is 18.2. The first-order valence-electron chi connectivity index (χ1n) is 12.6. The third-order valence-corrected chi connectivity index (χ3v) is 5.82. The van der Waals surface area contributed by atoms with Crippen molar-refractivity contribution in [1.82, 2.24) is 0 Å². The molecule has 0 spiro atoms. The van der Waals surface area contributed by atoms with Crippen LogP contribution in [-0.4, -0.2) is 13.2 Å². The lowest BCUT2D eigenvalue weighted by molar-refractivity contribution is 0.259. The summed E-state index contributed by atoms with van der Waals surface area (Å²) in [5, 5.41) is 2.44. The molecule has 0 radical (unpaired) electrons. The molecule has 0 fully saturated rings. The molecule has 0 N–H and O–H groups in total. The van der Waals surface area contributed by atoms with Crippen LogP contribution >= 0.6 is 0 Å². The molecule has 30 heavy (non-hydrogen) atoms. The van der Waals surface area contributed by atoms with Crippen LogP contribution in [0.1, 0.15) is 104 Å². The minimum Gasteiger partial charge on any atom is -0.490 e. The molecule has 0 heterocycles. The van der Waals surface area contributed by atoms with E-state index >= 15 is 0 Å². The fourth-order valence-corrected chi connectivity index (χ4v) is 3.91. The highest BCUT2D eigenvalue weighted by Gasteiger charge is 2.08. The first-order chi connectivity index (χ1) is 14.8. The number of ether oxygens (including phenoxy) is 2. The van der Waals surface area contributed by atoms with Gasteiger partial charge in [0.05, 0.1) is 13.2 Å². The van der Waals surface area contributed by atoms with Gasteiger partial charge >= 0.3 is 0 Å². The second-order valence-electron chi connectivity index (χ2n) is 8.59. The van der Waals surface area contributed by atoms with E-state index in [4.69, 9.17) is 9.47 Å². The van der Waals surface area contributed by atoms with Gasteiger partial charge in [-0.15, -0.1) is 0 Å². The number of hydrogen-bond acceptors (Lipinski definition) is 2. The number of fused-ring (bicyclic) bond motifs is 1. The second kappa shape index (κ2) is 16.1. The Balaban J connectivity index is 1.77. The standard InChI is InChI=1S/C28H44O2/c1-3-5-7-9-11-13-17-21-29-27-23-25-19-15-16-20-26(25)24-28(27)30-22-18-14-12-10-8-6-4-2/h15-16,19-20,23-24H,3-14,17-18,21-22H2,1-2H3. The summed E-state index contributed by atoms with van der Waals surface area (Å²) in [6, 6.07) is 12.8. The maximum Gasteiger partial charge on any atom is 0.161 e. The monoisotopic (exact) mass is 412 g/mol. The van der Waals surface area contributed by atoms with Gasteiger partial charge in [-0.1, -0.05) is 115 Å². The van der Waals surface area contributed by atoms with Crippen molar-refractivity contribution in [3.63, 3.8) is 0 Å². The van der Waals surface area contributed by atoms with Crippen molar-refractivity contribution in [2.45, 2.75) is 104 Å². The van der Waals surface area contributed by atoms with Gasteiger partial charge in [-0.3, -0.25) is 0 Å². The molecular formula is C28H44O2. The molecule has 0 unspecified atom stereocenters. The molecule has 2 aromatic rings. The molecule has 2 rings (SSSR count). The third-order valence-electron chi connectivity index (χ3n) is 5.82. The normalized spacial score (nSPS) is 11.1. The first kappa shape index (κ1) is 24.6. The summed E-state index contributed by atoms with van der Waals surface area (Å²) in [7, 11) is 0. The molecule has 0 atom stereocenters. The van der Waals surface area contributed by atoms with Gasteiger partial charge in [-0.2, -0.15) is 0 Å². The van der Waals surface area contributed by atoms with Gasteiger partial charge in [0.25, 0.3) is 0 Å². The van der Waals surface area contributed by atoms with E-state index in [9.17, 15) is 0 Å². The second-order valence-corrected chi connectivity index (χ2v) is 8.59. The minimum atomic E-state index is 0.778. The van der Waals surface area contributed by atoms with Crippen molar-refractivity contribution in [3.8, 4) is 11.5 Å². The van der Waals surface area contributed by atoms with Crippen molar-refractivity contribution in [3.05, 3.63) is 36.4 Å². The molecule has 2 aromatic carbocycles. The van der Waals surface area contributed by atoms with E-state index in [0.717, 1.165) is 37.6 Å². The maximum atomic E-state index is 6.17. The van der Waals surface area contributed by atoms with Gasteiger partial charge in [0.2, 0.25) is 0 Å². The zero-order valence-electron chi connectivity index (χ0n) is 19.6. The van der Waals surface area contributed by atoms with Crippen molar-refractivity contribution in [2.75, 3.05) is 13.2 Å². The van der Waals surface area contributed by atoms with Crippen LogP contribution in [0.15, 0.2) is 36.4 Å². The quantitative estimate of drug-likeness (QED) is 0.227. The summed E-state index contributed by atoms with van der Waals surface area (Å²) in [5.41, 5.74) is 0. The molecule has 0 aliphatic heterocycles. The average molecular weight is 413 g/mol. The molecule has 2 heteroatoms. The minimum absolute atomic E-state index is 0.778. The van der Waals surface area contributed by atoms with E-state index in [0.29, 0.717) is 0 Å². The van der Waals surface area contributed by atoms with Crippen LogP contribution in [0.5, 0.6) is 11.5 Å². The van der Waals surface area contributed by atoms with Gasteiger partial charge in [0.1, 0.15) is 0 Å². The predicted octanol–water partition coefficient (Wildman–Crippen LogP) is 9.10. The fourth-order valence-electron chi connectivity index (χ4n) is 3.91. The predicted molar refractivity (Wildman–Crippen MR) is 131 cm³/mol. The lowest BCUT2D eigenvalue weighted by atomic mass is 10.1. The third kappa shape index (κ3) is 9.87. The molecule has 0 aliphatic carbocycles. The van der Waals surface area contributed by atoms with Crippen LogP contribution < -0.4 is 9.47 Å². The molecular weight excluding hydrogens is 368 g/mol. The van der Waals surface area contributed by atoms with Gasteiger partial charge in [0.15, 0.2) is 11.5 Å². The zero-order chi connectivity index (χ0) is 21.3. The van der Waals surface area contributed by atoms with Gasteiger partial charge in [-0.25, -0.2) is 0 Å². The highest BCUT2D eigenvalue weighted by Crippen LogP contribution is 2.33. The van der Waals surface area contributed by atoms with E-state index in [1.165, 1.54) is 87.8 Å². The van der Waals surface area contributed by atoms with Crippen LogP contribution in [0.25, 0.3) is 10.8 Å². The molecule has 0 aromatic heterocycles. The van der Waals surface area contributed by atoms with E-state index in [1.54, 1.807) is 0 Å². The highest BCUT2D eigenvalue weighted by molar-refractivity contribution is 5.86. The lowest BCUT2D eigenvalue weighted by Gasteiger charge is -2.14. The van der Waals surface area contributed by atoms with Crippen LogP contribution in [0.2, 0.25) is 0 Å². The molecule has 0 amide bonds. The molecule has 0 aliphatic rings. The molecule has 2 nitrogen and oxygen atoms in total. The SMILES string of the molecule is CCCCCCCCCOc1cc2ccccc2cc1OCCCCCCCCC. The van der Waals surface area contributed by atoms with Crippen molar-refractivity contribution in [2.24, 2.45) is 0 Å². The van der Waals surface area contributed by atoms with Crippen LogP contribution in [0.3, 0.4) is 0 Å². The smallest absolute Gasteiger partial charge is 0.161 e. The number of benzene rings is 2. The molecule has 168 valence electrons. The van der Waals surface area contributed by atoms with Crippen molar-refractivity contribution in [1.29, 1.82) is 0 Å². The van der Waals surface area contributed by atoms with E-state index < -0.39 is 0 Å². The summed E-state index contributed by atoms with van der Waals surface area (Å²) < 4.78 is 12.3. The maximum absolute atomic E-state index is 6.17. The van der Waals surface area contributed by atoms with Crippen molar-refractivity contribution >= 4 is 10.8 Å². The Morgan fingerprint density at radius 2 is 0.867 bits per heavy atom. The van der Waals surface area contributed by atoms with E-state index in [-0.39, 0.29) is 0 Å². The van der Waals surface area contributed by atoms with Gasteiger partial charge in [0, 0.05) is 0 Å². The van der Waals surface area contributed by atoms with E-state index in [2.05, 4.69) is 50.2 Å². The van der Waals surface area contributed by atoms with Gasteiger partial charge < -0.3 is 9.47 Å². The largest absolute Gasteiger partial charge is 0.490 e. The van der Waals surface area contributed by atoms with Crippen LogP contribution in [0.4, 0.5) is 0 Å². The summed E-state index contributed by atoms with van der Waals surface area (Å²) in [6.45, 7) is 6.09. The molecule has 0 saturated carbocycles. The Bertz CT molecular complexity index is 621. The van der Waals surface area contributed by atoms with E-state index in [1.807, 2.05) is 0 Å². The Kier molecular flexibility index (Phi) is 13.1. The topological polar surface area (TPSA) is 18.5 Å². The van der Waals surface area contributed by atoms with Crippen LogP contribution in [0, 0.1) is 0 Å². The molecule has 0 saturated heterocycles. The van der Waals surface area contributed by atoms with Crippen molar-refractivity contribution < 1.29 is 9.47 Å².